The van der Waals surface area contributed by atoms with Gasteiger partial charge >= 0.3 is 0 Å². The first kappa shape index (κ1) is 13.7. The van der Waals surface area contributed by atoms with Gasteiger partial charge in [-0.1, -0.05) is 6.07 Å². The van der Waals surface area contributed by atoms with Gasteiger partial charge in [0.25, 0.3) is 5.91 Å². The van der Waals surface area contributed by atoms with E-state index in [1.54, 1.807) is 6.20 Å². The van der Waals surface area contributed by atoms with E-state index in [4.69, 9.17) is 0 Å². The van der Waals surface area contributed by atoms with Crippen LogP contribution in [0.15, 0.2) is 33.6 Å². The van der Waals surface area contributed by atoms with Gasteiger partial charge in [0, 0.05) is 5.56 Å². The fourth-order valence-electron chi connectivity index (χ4n) is 2.32. The molecule has 0 bridgehead atoms. The van der Waals surface area contributed by atoms with Gasteiger partial charge in [-0.15, -0.1) is 0 Å². The standard InChI is InChI=1S/C14H11Br2N3O/c15-11-7-17-13(12(16)18-11)19-14(20)10-5-4-8-2-1-3-9(8)6-10/h4-7H,1-3H2,(H,17,19,20). The average Bonchev–Trinajstić information content (AvgIpc) is 2.89. The van der Waals surface area contributed by atoms with Crippen LogP contribution in [0.25, 0.3) is 0 Å². The van der Waals surface area contributed by atoms with Crippen LogP contribution in [-0.4, -0.2) is 15.9 Å². The molecule has 4 nitrogen and oxygen atoms in total. The highest BCUT2D eigenvalue weighted by Crippen LogP contribution is 2.24. The van der Waals surface area contributed by atoms with Gasteiger partial charge < -0.3 is 5.32 Å². The van der Waals surface area contributed by atoms with E-state index in [9.17, 15) is 4.79 Å². The lowest BCUT2D eigenvalue weighted by atomic mass is 10.1. The Labute approximate surface area is 133 Å². The summed E-state index contributed by atoms with van der Waals surface area (Å²) < 4.78 is 1.11. The van der Waals surface area contributed by atoms with Gasteiger partial charge in [-0.25, -0.2) is 9.97 Å². The first-order chi connectivity index (χ1) is 9.63. The number of hydrogen-bond donors (Lipinski definition) is 1. The summed E-state index contributed by atoms with van der Waals surface area (Å²) in [5, 5.41) is 2.76. The predicted molar refractivity (Wildman–Crippen MR) is 83.9 cm³/mol. The number of rotatable bonds is 2. The summed E-state index contributed by atoms with van der Waals surface area (Å²) in [7, 11) is 0. The van der Waals surface area contributed by atoms with Crippen molar-refractivity contribution in [1.29, 1.82) is 0 Å². The summed E-state index contributed by atoms with van der Waals surface area (Å²) in [5.41, 5.74) is 3.28. The number of halogens is 2. The molecule has 1 heterocycles. The minimum absolute atomic E-state index is 0.169. The van der Waals surface area contributed by atoms with Crippen molar-refractivity contribution >= 4 is 43.6 Å². The van der Waals surface area contributed by atoms with Crippen molar-refractivity contribution in [2.75, 3.05) is 5.32 Å². The second-order valence-electron chi connectivity index (χ2n) is 4.62. The predicted octanol–water partition coefficient (Wildman–Crippen LogP) is 3.74. The smallest absolute Gasteiger partial charge is 0.256 e. The summed E-state index contributed by atoms with van der Waals surface area (Å²) in [6.07, 6.45) is 4.88. The van der Waals surface area contributed by atoms with Crippen molar-refractivity contribution < 1.29 is 4.79 Å². The monoisotopic (exact) mass is 395 g/mol. The normalized spacial score (nSPS) is 13.1. The van der Waals surface area contributed by atoms with E-state index in [2.05, 4.69) is 47.1 Å². The molecule has 0 saturated heterocycles. The molecule has 3 rings (SSSR count). The van der Waals surface area contributed by atoms with Crippen LogP contribution in [0.5, 0.6) is 0 Å². The molecule has 0 aliphatic heterocycles. The summed E-state index contributed by atoms with van der Waals surface area (Å²) in [6, 6.07) is 5.87. The third-order valence-corrected chi connectivity index (χ3v) is 4.23. The largest absolute Gasteiger partial charge is 0.304 e. The fraction of sp³-hybridized carbons (Fsp3) is 0.214. The topological polar surface area (TPSA) is 54.9 Å². The number of hydrogen-bond acceptors (Lipinski definition) is 3. The highest BCUT2D eigenvalue weighted by Gasteiger charge is 2.15. The van der Waals surface area contributed by atoms with Gasteiger partial charge in [-0.2, -0.15) is 0 Å². The van der Waals surface area contributed by atoms with Crippen LogP contribution >= 0.6 is 31.9 Å². The number of aromatic nitrogens is 2. The SMILES string of the molecule is O=C(Nc1ncc(Br)nc1Br)c1ccc2c(c1)CCC2. The molecule has 0 radical (unpaired) electrons. The lowest BCUT2D eigenvalue weighted by Gasteiger charge is -2.07. The van der Waals surface area contributed by atoms with Crippen LogP contribution in [0.3, 0.4) is 0 Å². The molecular weight excluding hydrogens is 386 g/mol. The Morgan fingerprint density at radius 2 is 2.00 bits per heavy atom. The average molecular weight is 397 g/mol. The molecule has 1 aliphatic carbocycles. The molecule has 2 aromatic rings. The van der Waals surface area contributed by atoms with E-state index < -0.39 is 0 Å². The van der Waals surface area contributed by atoms with Crippen LogP contribution in [0.1, 0.15) is 27.9 Å². The van der Waals surface area contributed by atoms with E-state index in [0.717, 1.165) is 12.8 Å². The van der Waals surface area contributed by atoms with E-state index >= 15 is 0 Å². The molecule has 0 unspecified atom stereocenters. The maximum absolute atomic E-state index is 12.2. The van der Waals surface area contributed by atoms with Gasteiger partial charge in [0.1, 0.15) is 9.21 Å². The van der Waals surface area contributed by atoms with Crippen molar-refractivity contribution in [2.24, 2.45) is 0 Å². The zero-order chi connectivity index (χ0) is 14.1. The Kier molecular flexibility index (Phi) is 3.85. The quantitative estimate of drug-likeness (QED) is 0.841. The van der Waals surface area contributed by atoms with E-state index in [1.165, 1.54) is 17.5 Å². The fourth-order valence-corrected chi connectivity index (χ4v) is 3.23. The van der Waals surface area contributed by atoms with E-state index in [0.29, 0.717) is 20.6 Å². The highest BCUT2D eigenvalue weighted by molar-refractivity contribution is 9.11. The Morgan fingerprint density at radius 1 is 1.20 bits per heavy atom. The Hall–Kier alpha value is -1.27. The molecule has 102 valence electrons. The first-order valence-corrected chi connectivity index (χ1v) is 7.83. The van der Waals surface area contributed by atoms with Crippen molar-refractivity contribution in [3.63, 3.8) is 0 Å². The number of benzene rings is 1. The van der Waals surface area contributed by atoms with E-state index in [-0.39, 0.29) is 5.91 Å². The van der Waals surface area contributed by atoms with Crippen LogP contribution in [0, 0.1) is 0 Å². The molecule has 1 aromatic heterocycles. The zero-order valence-corrected chi connectivity index (χ0v) is 13.7. The summed E-state index contributed by atoms with van der Waals surface area (Å²) in [4.78, 5) is 20.5. The van der Waals surface area contributed by atoms with Gasteiger partial charge in [-0.05, 0) is 74.4 Å². The maximum Gasteiger partial charge on any atom is 0.256 e. The van der Waals surface area contributed by atoms with Crippen LogP contribution < -0.4 is 5.32 Å². The minimum atomic E-state index is -0.169. The second kappa shape index (κ2) is 5.61. The number of carbonyl (C=O) groups excluding carboxylic acids is 1. The lowest BCUT2D eigenvalue weighted by molar-refractivity contribution is 0.102. The van der Waals surface area contributed by atoms with Crippen molar-refractivity contribution in [3.8, 4) is 0 Å². The van der Waals surface area contributed by atoms with Gasteiger partial charge in [0.2, 0.25) is 0 Å². The minimum Gasteiger partial charge on any atom is -0.304 e. The molecule has 0 saturated carbocycles. The molecule has 1 N–H and O–H groups in total. The number of nitrogens with zero attached hydrogens (tertiary/aromatic N) is 2. The third kappa shape index (κ3) is 2.76. The summed E-state index contributed by atoms with van der Waals surface area (Å²) in [6.45, 7) is 0. The highest BCUT2D eigenvalue weighted by atomic mass is 79.9. The van der Waals surface area contributed by atoms with Gasteiger partial charge in [0.05, 0.1) is 6.20 Å². The third-order valence-electron chi connectivity index (χ3n) is 3.29. The molecule has 0 fully saturated rings. The Bertz CT molecular complexity index is 688. The van der Waals surface area contributed by atoms with E-state index in [1.807, 2.05) is 18.2 Å². The van der Waals surface area contributed by atoms with Crippen LogP contribution in [0.2, 0.25) is 0 Å². The molecule has 6 heteroatoms. The van der Waals surface area contributed by atoms with Crippen molar-refractivity contribution in [2.45, 2.75) is 19.3 Å². The number of nitrogens with one attached hydrogen (secondary N) is 1. The second-order valence-corrected chi connectivity index (χ2v) is 6.19. The number of aryl methyl sites for hydroxylation is 2. The van der Waals surface area contributed by atoms with Gasteiger partial charge in [-0.3, -0.25) is 4.79 Å². The first-order valence-electron chi connectivity index (χ1n) is 6.24. The molecule has 20 heavy (non-hydrogen) atoms. The molecular formula is C14H11Br2N3O. The number of anilines is 1. The Balaban J connectivity index is 1.82. The molecule has 0 spiro atoms. The maximum atomic E-state index is 12.2. The van der Waals surface area contributed by atoms with Crippen LogP contribution in [0.4, 0.5) is 5.82 Å². The van der Waals surface area contributed by atoms with Gasteiger partial charge in [0.15, 0.2) is 5.82 Å². The van der Waals surface area contributed by atoms with Crippen LogP contribution in [-0.2, 0) is 12.8 Å². The van der Waals surface area contributed by atoms with Crippen molar-refractivity contribution in [3.05, 3.63) is 50.3 Å². The number of amides is 1. The lowest BCUT2D eigenvalue weighted by Crippen LogP contribution is -2.14. The molecule has 1 aromatic carbocycles. The number of fused-ring (bicyclic) bond motifs is 1. The summed E-state index contributed by atoms with van der Waals surface area (Å²) in [5.74, 6) is 0.246. The molecule has 1 amide bonds. The molecule has 0 atom stereocenters. The molecule has 1 aliphatic rings. The number of carbonyl (C=O) groups is 1. The zero-order valence-electron chi connectivity index (χ0n) is 10.5. The Morgan fingerprint density at radius 3 is 2.80 bits per heavy atom. The summed E-state index contributed by atoms with van der Waals surface area (Å²) >= 11 is 6.50. The van der Waals surface area contributed by atoms with Crippen molar-refractivity contribution in [1.82, 2.24) is 9.97 Å².